The van der Waals surface area contributed by atoms with Crippen LogP contribution in [-0.2, 0) is 32.2 Å². The number of amides is 4. The van der Waals surface area contributed by atoms with Crippen LogP contribution >= 0.6 is 0 Å². The highest BCUT2D eigenvalue weighted by Crippen LogP contribution is 2.29. The molecule has 200 valence electrons. The normalized spacial score (nSPS) is 20.5. The van der Waals surface area contributed by atoms with Crippen LogP contribution < -0.4 is 15.4 Å². The Morgan fingerprint density at radius 3 is 2.74 bits per heavy atom. The van der Waals surface area contributed by atoms with E-state index >= 15 is 0 Å². The Morgan fingerprint density at radius 2 is 2.00 bits per heavy atom. The summed E-state index contributed by atoms with van der Waals surface area (Å²) in [6.45, 7) is 3.52. The van der Waals surface area contributed by atoms with Crippen LogP contribution in [-0.4, -0.2) is 59.1 Å². The van der Waals surface area contributed by atoms with Crippen molar-refractivity contribution in [1.29, 1.82) is 0 Å². The van der Waals surface area contributed by atoms with Crippen LogP contribution in [0.3, 0.4) is 0 Å². The number of piperidine rings is 1. The first kappa shape index (κ1) is 25.7. The Hall–Kier alpha value is -3.99. The van der Waals surface area contributed by atoms with Crippen LogP contribution in [0.1, 0.15) is 65.7 Å². The molecule has 1 aromatic heterocycles. The zero-order chi connectivity index (χ0) is 26.6. The van der Waals surface area contributed by atoms with Crippen molar-refractivity contribution in [3.8, 4) is 5.88 Å². The number of carbonyl (C=O) groups is 4. The third-order valence-electron chi connectivity index (χ3n) is 7.01. The molecule has 4 heterocycles. The number of hydrogen-bond acceptors (Lipinski definition) is 8. The molecule has 2 N–H and O–H groups in total. The van der Waals surface area contributed by atoms with E-state index in [0.717, 1.165) is 29.5 Å². The monoisotopic (exact) mass is 522 g/mol. The number of imide groups is 1. The lowest BCUT2D eigenvalue weighted by Gasteiger charge is -2.29. The van der Waals surface area contributed by atoms with Crippen molar-refractivity contribution < 1.29 is 33.4 Å². The van der Waals surface area contributed by atoms with Gasteiger partial charge in [0.15, 0.2) is 0 Å². The van der Waals surface area contributed by atoms with Crippen molar-refractivity contribution in [1.82, 2.24) is 20.5 Å². The molecular weight excluding hydrogens is 492 g/mol. The van der Waals surface area contributed by atoms with Gasteiger partial charge in [-0.1, -0.05) is 12.1 Å². The third-order valence-corrected chi connectivity index (χ3v) is 7.01. The number of carbonyl (C=O) groups excluding carboxylic acids is 4. The van der Waals surface area contributed by atoms with Gasteiger partial charge < -0.3 is 24.4 Å². The Kier molecular flexibility index (Phi) is 7.54. The number of ether oxygens (including phenoxy) is 3. The van der Waals surface area contributed by atoms with Crippen molar-refractivity contribution in [2.45, 2.75) is 63.9 Å². The van der Waals surface area contributed by atoms with Crippen molar-refractivity contribution in [3.05, 3.63) is 58.8 Å². The van der Waals surface area contributed by atoms with E-state index in [1.165, 1.54) is 4.90 Å². The first-order chi connectivity index (χ1) is 18.4. The number of pyridine rings is 1. The van der Waals surface area contributed by atoms with E-state index in [1.807, 2.05) is 12.1 Å². The zero-order valence-corrected chi connectivity index (χ0v) is 21.1. The minimum absolute atomic E-state index is 0.0483. The van der Waals surface area contributed by atoms with Crippen molar-refractivity contribution >= 4 is 23.8 Å². The summed E-state index contributed by atoms with van der Waals surface area (Å²) < 4.78 is 16.5. The van der Waals surface area contributed by atoms with E-state index in [9.17, 15) is 19.2 Å². The number of aromatic nitrogens is 1. The number of nitrogens with one attached hydrogen (secondary N) is 2. The maximum atomic E-state index is 13.0. The molecule has 0 spiro atoms. The summed E-state index contributed by atoms with van der Waals surface area (Å²) in [5.74, 6) is -0.502. The molecule has 38 heavy (non-hydrogen) atoms. The van der Waals surface area contributed by atoms with E-state index in [0.29, 0.717) is 37.6 Å². The number of benzene rings is 1. The van der Waals surface area contributed by atoms with Crippen LogP contribution in [0.4, 0.5) is 4.79 Å². The predicted molar refractivity (Wildman–Crippen MR) is 133 cm³/mol. The second-order valence-electron chi connectivity index (χ2n) is 9.69. The minimum atomic E-state index is -0.668. The Bertz CT molecular complexity index is 1230. The molecule has 2 aromatic rings. The van der Waals surface area contributed by atoms with E-state index in [1.54, 1.807) is 31.3 Å². The van der Waals surface area contributed by atoms with Crippen LogP contribution in [0.5, 0.6) is 5.88 Å². The van der Waals surface area contributed by atoms with Crippen LogP contribution in [0.2, 0.25) is 0 Å². The Balaban J connectivity index is 1.12. The molecule has 2 fully saturated rings. The smallest absolute Gasteiger partial charge is 0.407 e. The lowest BCUT2D eigenvalue weighted by Crippen LogP contribution is -2.52. The average Bonchev–Trinajstić information content (AvgIpc) is 3.24. The topological polar surface area (TPSA) is 136 Å². The lowest BCUT2D eigenvalue weighted by atomic mass is 10.0. The van der Waals surface area contributed by atoms with Gasteiger partial charge >= 0.3 is 6.09 Å². The summed E-state index contributed by atoms with van der Waals surface area (Å²) in [4.78, 5) is 54.9. The molecule has 2 saturated heterocycles. The standard InChI is InChI=1S/C27H30N4O7/c1-16(29-27(35)37-15-17-2-7-24(28-13-17)38-20-8-10-36-11-9-20)18-3-4-19-14-31(26(34)21(19)12-18)22-5-6-23(32)30-25(22)33/h2-4,7,12-13,16,20,22H,5-6,8-11,14-15H2,1H3,(H,29,35)(H,30,32,33). The number of alkyl carbamates (subject to hydrolysis) is 1. The van der Waals surface area contributed by atoms with Gasteiger partial charge in [0.25, 0.3) is 5.91 Å². The summed E-state index contributed by atoms with van der Waals surface area (Å²) >= 11 is 0. The molecule has 0 radical (unpaired) electrons. The van der Waals surface area contributed by atoms with Gasteiger partial charge in [-0.3, -0.25) is 19.7 Å². The van der Waals surface area contributed by atoms with Gasteiger partial charge in [-0.05, 0) is 36.6 Å². The van der Waals surface area contributed by atoms with Gasteiger partial charge in [0, 0.05) is 49.2 Å². The van der Waals surface area contributed by atoms with Gasteiger partial charge in [-0.15, -0.1) is 0 Å². The molecule has 0 bridgehead atoms. The maximum Gasteiger partial charge on any atom is 0.407 e. The molecular formula is C27H30N4O7. The van der Waals surface area contributed by atoms with Crippen molar-refractivity contribution in [2.24, 2.45) is 0 Å². The molecule has 3 aliphatic rings. The number of nitrogens with zero attached hydrogens (tertiary/aromatic N) is 2. The van der Waals surface area contributed by atoms with Gasteiger partial charge in [0.05, 0.1) is 19.3 Å². The molecule has 0 aliphatic carbocycles. The summed E-state index contributed by atoms with van der Waals surface area (Å²) in [7, 11) is 0. The lowest BCUT2D eigenvalue weighted by molar-refractivity contribution is -0.136. The van der Waals surface area contributed by atoms with Gasteiger partial charge in [0.2, 0.25) is 17.7 Å². The molecule has 11 heteroatoms. The largest absolute Gasteiger partial charge is 0.474 e. The molecule has 0 saturated carbocycles. The fourth-order valence-electron chi connectivity index (χ4n) is 4.82. The molecule has 1 aromatic carbocycles. The zero-order valence-electron chi connectivity index (χ0n) is 21.1. The fraction of sp³-hybridized carbons (Fsp3) is 0.444. The van der Waals surface area contributed by atoms with Crippen LogP contribution in [0.25, 0.3) is 0 Å². The molecule has 11 nitrogen and oxygen atoms in total. The van der Waals surface area contributed by atoms with Gasteiger partial charge in [-0.2, -0.15) is 0 Å². The number of rotatable bonds is 7. The summed E-state index contributed by atoms with van der Waals surface area (Å²) in [5, 5.41) is 5.08. The molecule has 5 rings (SSSR count). The SMILES string of the molecule is CC(NC(=O)OCc1ccc(OC2CCOCC2)nc1)c1ccc2c(c1)C(=O)N(C1CCC(=O)NC1=O)C2. The molecule has 2 atom stereocenters. The van der Waals surface area contributed by atoms with Crippen molar-refractivity contribution in [2.75, 3.05) is 13.2 Å². The minimum Gasteiger partial charge on any atom is -0.474 e. The van der Waals surface area contributed by atoms with Gasteiger partial charge in [0.1, 0.15) is 18.8 Å². The fourth-order valence-corrected chi connectivity index (χ4v) is 4.82. The molecule has 2 unspecified atom stereocenters. The second-order valence-corrected chi connectivity index (χ2v) is 9.69. The highest BCUT2D eigenvalue weighted by Gasteiger charge is 2.39. The van der Waals surface area contributed by atoms with E-state index < -0.39 is 24.1 Å². The Morgan fingerprint density at radius 1 is 1.18 bits per heavy atom. The van der Waals surface area contributed by atoms with E-state index in [4.69, 9.17) is 14.2 Å². The van der Waals surface area contributed by atoms with Crippen LogP contribution in [0.15, 0.2) is 36.5 Å². The first-order valence-electron chi connectivity index (χ1n) is 12.8. The molecule has 3 aliphatic heterocycles. The highest BCUT2D eigenvalue weighted by atomic mass is 16.5. The summed E-state index contributed by atoms with van der Waals surface area (Å²) in [6.07, 6.45) is 3.30. The third kappa shape index (κ3) is 5.77. The van der Waals surface area contributed by atoms with E-state index in [2.05, 4.69) is 15.6 Å². The Labute approximate surface area is 219 Å². The quantitative estimate of drug-likeness (QED) is 0.529. The maximum absolute atomic E-state index is 13.0. The van der Waals surface area contributed by atoms with Crippen LogP contribution in [0, 0.1) is 0 Å². The second kappa shape index (κ2) is 11.2. The van der Waals surface area contributed by atoms with Crippen molar-refractivity contribution in [3.63, 3.8) is 0 Å². The summed E-state index contributed by atoms with van der Waals surface area (Å²) in [6, 6.07) is 7.87. The number of fused-ring (bicyclic) bond motifs is 1. The predicted octanol–water partition coefficient (Wildman–Crippen LogP) is 2.39. The number of hydrogen-bond donors (Lipinski definition) is 2. The highest BCUT2D eigenvalue weighted by molar-refractivity contribution is 6.05. The molecule has 4 amide bonds. The first-order valence-corrected chi connectivity index (χ1v) is 12.8. The van der Waals surface area contributed by atoms with E-state index in [-0.39, 0.29) is 30.9 Å². The van der Waals surface area contributed by atoms with Gasteiger partial charge in [-0.25, -0.2) is 9.78 Å². The average molecular weight is 523 g/mol. The summed E-state index contributed by atoms with van der Waals surface area (Å²) in [5.41, 5.74) is 2.75.